The lowest BCUT2D eigenvalue weighted by atomic mass is 9.16. The van der Waals surface area contributed by atoms with Crippen molar-refractivity contribution in [3.8, 4) is 11.7 Å². The molecule has 106 valence electrons. The molecule has 3 aromatic rings. The topological polar surface area (TPSA) is 0 Å². The third-order valence-corrected chi connectivity index (χ3v) is 4.26. The molecule has 0 aromatic heterocycles. The van der Waals surface area contributed by atoms with E-state index >= 15 is 0 Å². The van der Waals surface area contributed by atoms with Gasteiger partial charge in [0, 0.05) is 0 Å². The summed E-state index contributed by atoms with van der Waals surface area (Å²) in [6.45, 7) is 1.92. The molecule has 0 atom stereocenters. The molecular formula is C21H18B-. The molecule has 0 fully saturated rings. The molecule has 0 N–H and O–H groups in total. The van der Waals surface area contributed by atoms with Gasteiger partial charge >= 0.3 is 0 Å². The zero-order chi connectivity index (χ0) is 15.3. The second-order valence-electron chi connectivity index (χ2n) is 5.49. The van der Waals surface area contributed by atoms with Crippen LogP contribution >= 0.6 is 0 Å². The Kier molecular flexibility index (Phi) is 4.12. The van der Waals surface area contributed by atoms with Gasteiger partial charge in [0.05, 0.1) is 0 Å². The molecular weight excluding hydrogens is 263 g/mol. The fourth-order valence-corrected chi connectivity index (χ4v) is 3.27. The summed E-state index contributed by atoms with van der Waals surface area (Å²) in [6.07, 6.45) is -1.27. The van der Waals surface area contributed by atoms with Gasteiger partial charge in [-0.25, -0.2) is 0 Å². The molecule has 0 bridgehead atoms. The highest BCUT2D eigenvalue weighted by Gasteiger charge is 2.27. The Labute approximate surface area is 132 Å². The molecule has 0 saturated carbocycles. The van der Waals surface area contributed by atoms with Crippen molar-refractivity contribution in [2.24, 2.45) is 0 Å². The maximum absolute atomic E-state index is 3.56. The maximum atomic E-state index is 3.56. The van der Waals surface area contributed by atoms with Crippen LogP contribution < -0.4 is 16.4 Å². The fraction of sp³-hybridized carbons (Fsp3) is 0.0476. The van der Waals surface area contributed by atoms with Crippen LogP contribution in [-0.4, -0.2) is 6.15 Å². The Morgan fingerprint density at radius 1 is 0.545 bits per heavy atom. The number of benzene rings is 3. The Balaban J connectivity index is 2.36. The molecule has 0 spiro atoms. The van der Waals surface area contributed by atoms with Crippen LogP contribution in [0.2, 0.25) is 0 Å². The van der Waals surface area contributed by atoms with Crippen molar-refractivity contribution in [3.05, 3.63) is 91.0 Å². The van der Waals surface area contributed by atoms with E-state index in [-0.39, 0.29) is 0 Å². The Morgan fingerprint density at radius 3 is 1.14 bits per heavy atom. The monoisotopic (exact) mass is 281 g/mol. The van der Waals surface area contributed by atoms with E-state index in [0.29, 0.717) is 0 Å². The van der Waals surface area contributed by atoms with Gasteiger partial charge in [0.2, 0.25) is 0 Å². The van der Waals surface area contributed by atoms with E-state index < -0.39 is 6.15 Å². The largest absolute Gasteiger partial charge is 0.298 e. The summed E-state index contributed by atoms with van der Waals surface area (Å²) in [5.41, 5.74) is 3.78. The van der Waals surface area contributed by atoms with Crippen LogP contribution in [-0.2, 0) is 0 Å². The van der Waals surface area contributed by atoms with Crippen molar-refractivity contribution in [2.45, 2.75) is 6.92 Å². The summed E-state index contributed by atoms with van der Waals surface area (Å²) in [4.78, 5) is 0. The average molecular weight is 281 g/mol. The first-order valence-electron chi connectivity index (χ1n) is 7.64. The van der Waals surface area contributed by atoms with Gasteiger partial charge in [-0.3, -0.25) is 5.82 Å². The van der Waals surface area contributed by atoms with Gasteiger partial charge < -0.3 is 0 Å². The van der Waals surface area contributed by atoms with Gasteiger partial charge in [0.1, 0.15) is 6.15 Å². The predicted molar refractivity (Wildman–Crippen MR) is 97.4 cm³/mol. The average Bonchev–Trinajstić information content (AvgIpc) is 2.62. The van der Waals surface area contributed by atoms with E-state index in [1.54, 1.807) is 0 Å². The molecule has 22 heavy (non-hydrogen) atoms. The summed E-state index contributed by atoms with van der Waals surface area (Å²) >= 11 is 0. The molecule has 0 aliphatic carbocycles. The van der Waals surface area contributed by atoms with E-state index in [4.69, 9.17) is 0 Å². The van der Waals surface area contributed by atoms with E-state index in [9.17, 15) is 0 Å². The molecule has 0 aliphatic heterocycles. The summed E-state index contributed by atoms with van der Waals surface area (Å²) in [5, 5.41) is 0. The van der Waals surface area contributed by atoms with Crippen LogP contribution in [0.1, 0.15) is 6.92 Å². The number of rotatable bonds is 3. The Bertz CT molecular complexity index is 684. The highest BCUT2D eigenvalue weighted by molar-refractivity contribution is 7.16. The van der Waals surface area contributed by atoms with Crippen LogP contribution in [0.5, 0.6) is 0 Å². The van der Waals surface area contributed by atoms with Crippen molar-refractivity contribution in [3.63, 3.8) is 0 Å². The Hall–Kier alpha value is -2.72. The van der Waals surface area contributed by atoms with Gasteiger partial charge in [-0.2, -0.15) is 22.3 Å². The maximum Gasteiger partial charge on any atom is 0.149 e. The third kappa shape index (κ3) is 2.45. The molecule has 0 amide bonds. The van der Waals surface area contributed by atoms with Gasteiger partial charge in [-0.1, -0.05) is 91.0 Å². The molecule has 0 unspecified atom stereocenters. The molecule has 3 rings (SSSR count). The minimum atomic E-state index is -1.27. The summed E-state index contributed by atoms with van der Waals surface area (Å²) in [7, 11) is 0. The van der Waals surface area contributed by atoms with Crippen LogP contribution in [0.4, 0.5) is 0 Å². The highest BCUT2D eigenvalue weighted by Crippen LogP contribution is 2.06. The molecule has 1 heteroatoms. The highest BCUT2D eigenvalue weighted by atomic mass is 14.0. The zero-order valence-electron chi connectivity index (χ0n) is 12.7. The van der Waals surface area contributed by atoms with Crippen molar-refractivity contribution in [2.75, 3.05) is 0 Å². The minimum absolute atomic E-state index is 1.26. The van der Waals surface area contributed by atoms with Gasteiger partial charge in [0.25, 0.3) is 0 Å². The van der Waals surface area contributed by atoms with Crippen molar-refractivity contribution in [1.82, 2.24) is 0 Å². The first kappa shape index (κ1) is 14.2. The van der Waals surface area contributed by atoms with Crippen LogP contribution in [0.15, 0.2) is 91.0 Å². The molecule has 0 heterocycles. The fourth-order valence-electron chi connectivity index (χ4n) is 3.27. The third-order valence-electron chi connectivity index (χ3n) is 4.26. The quantitative estimate of drug-likeness (QED) is 0.511. The van der Waals surface area contributed by atoms with Crippen LogP contribution in [0, 0.1) is 11.7 Å². The predicted octanol–water partition coefficient (Wildman–Crippen LogP) is 2.72. The van der Waals surface area contributed by atoms with Gasteiger partial charge in [0.15, 0.2) is 0 Å². The normalized spacial score (nSPS) is 10.6. The molecule has 0 nitrogen and oxygen atoms in total. The second-order valence-corrected chi connectivity index (χ2v) is 5.49. The number of hydrogen-bond acceptors (Lipinski definition) is 0. The number of hydrogen-bond donors (Lipinski definition) is 0. The SMILES string of the molecule is CC#C[B-](c1ccccc1)(c1ccccc1)c1ccccc1. The lowest BCUT2D eigenvalue weighted by Crippen LogP contribution is -2.66. The second kappa shape index (κ2) is 6.37. The minimum Gasteiger partial charge on any atom is -0.298 e. The van der Waals surface area contributed by atoms with E-state index in [1.807, 2.05) is 6.92 Å². The summed E-state index contributed by atoms with van der Waals surface area (Å²) in [6, 6.07) is 31.8. The summed E-state index contributed by atoms with van der Waals surface area (Å²) in [5.74, 6) is 6.74. The van der Waals surface area contributed by atoms with Crippen LogP contribution in [0.3, 0.4) is 0 Å². The molecule has 3 aromatic carbocycles. The smallest absolute Gasteiger partial charge is 0.149 e. The first-order valence-corrected chi connectivity index (χ1v) is 7.64. The van der Waals surface area contributed by atoms with Gasteiger partial charge in [-0.15, -0.1) is 0 Å². The van der Waals surface area contributed by atoms with E-state index in [2.05, 4.69) is 103 Å². The summed E-state index contributed by atoms with van der Waals surface area (Å²) < 4.78 is 0. The lowest BCUT2D eigenvalue weighted by Gasteiger charge is -2.38. The standard InChI is InChI=1S/C21H18B/c1-2-18-22(19-12-6-3-7-13-19,20-14-8-4-9-15-20)21-16-10-5-11-17-21/h3-17H,1H3/q-1. The van der Waals surface area contributed by atoms with E-state index in [0.717, 1.165) is 0 Å². The first-order chi connectivity index (χ1) is 10.9. The lowest BCUT2D eigenvalue weighted by molar-refractivity contribution is 1.69. The molecule has 0 aliphatic rings. The van der Waals surface area contributed by atoms with Crippen molar-refractivity contribution < 1.29 is 0 Å². The zero-order valence-corrected chi connectivity index (χ0v) is 12.7. The van der Waals surface area contributed by atoms with E-state index in [1.165, 1.54) is 16.4 Å². The van der Waals surface area contributed by atoms with Crippen molar-refractivity contribution >= 4 is 22.5 Å². The molecule has 0 saturated heterocycles. The van der Waals surface area contributed by atoms with Gasteiger partial charge in [-0.05, 0) is 6.92 Å². The van der Waals surface area contributed by atoms with Crippen molar-refractivity contribution in [1.29, 1.82) is 0 Å². The molecule has 0 radical (unpaired) electrons. The van der Waals surface area contributed by atoms with Crippen LogP contribution in [0.25, 0.3) is 0 Å². The Morgan fingerprint density at radius 2 is 0.864 bits per heavy atom.